The SMILES string of the molecule is CC(C)C=NC(=NC1CCCCC1)NC1CCCCC1. The highest BCUT2D eigenvalue weighted by molar-refractivity contribution is 5.88. The number of hydrogen-bond donors (Lipinski definition) is 1. The van der Waals surface area contributed by atoms with Gasteiger partial charge in [0.2, 0.25) is 5.96 Å². The molecule has 0 amide bonds. The van der Waals surface area contributed by atoms with Gasteiger partial charge < -0.3 is 5.32 Å². The first-order chi connectivity index (χ1) is 9.74. The first kappa shape index (κ1) is 15.5. The predicted molar refractivity (Wildman–Crippen MR) is 87.6 cm³/mol. The third kappa shape index (κ3) is 5.64. The molecule has 114 valence electrons. The van der Waals surface area contributed by atoms with Crippen molar-refractivity contribution in [3.8, 4) is 0 Å². The molecule has 0 atom stereocenters. The summed E-state index contributed by atoms with van der Waals surface area (Å²) >= 11 is 0. The molecule has 2 aliphatic carbocycles. The molecule has 20 heavy (non-hydrogen) atoms. The van der Waals surface area contributed by atoms with Crippen molar-refractivity contribution in [1.29, 1.82) is 0 Å². The van der Waals surface area contributed by atoms with Crippen LogP contribution in [-0.2, 0) is 0 Å². The van der Waals surface area contributed by atoms with Crippen LogP contribution < -0.4 is 5.32 Å². The van der Waals surface area contributed by atoms with Gasteiger partial charge >= 0.3 is 0 Å². The lowest BCUT2D eigenvalue weighted by atomic mass is 9.95. The number of aliphatic imine (C=N–C) groups is 2. The van der Waals surface area contributed by atoms with E-state index >= 15 is 0 Å². The molecule has 0 aliphatic heterocycles. The smallest absolute Gasteiger partial charge is 0.218 e. The lowest BCUT2D eigenvalue weighted by molar-refractivity contribution is 0.407. The summed E-state index contributed by atoms with van der Waals surface area (Å²) in [5, 5.41) is 3.61. The van der Waals surface area contributed by atoms with Crippen LogP contribution in [0.3, 0.4) is 0 Å². The molecule has 0 saturated heterocycles. The van der Waals surface area contributed by atoms with Crippen molar-refractivity contribution in [2.75, 3.05) is 0 Å². The van der Waals surface area contributed by atoms with Crippen molar-refractivity contribution in [2.45, 2.75) is 90.1 Å². The molecule has 2 fully saturated rings. The van der Waals surface area contributed by atoms with E-state index in [1.54, 1.807) is 0 Å². The number of nitrogens with zero attached hydrogens (tertiary/aromatic N) is 2. The molecular formula is C17H31N3. The zero-order valence-corrected chi connectivity index (χ0v) is 13.3. The summed E-state index contributed by atoms with van der Waals surface area (Å²) in [7, 11) is 0. The van der Waals surface area contributed by atoms with Crippen molar-refractivity contribution in [2.24, 2.45) is 15.9 Å². The van der Waals surface area contributed by atoms with Gasteiger partial charge in [-0.05, 0) is 31.6 Å². The Labute approximate surface area is 124 Å². The van der Waals surface area contributed by atoms with Gasteiger partial charge in [0, 0.05) is 12.3 Å². The molecule has 1 N–H and O–H groups in total. The Balaban J connectivity index is 1.96. The second kappa shape index (κ2) is 8.43. The van der Waals surface area contributed by atoms with Crippen LogP contribution in [0.5, 0.6) is 0 Å². The lowest BCUT2D eigenvalue weighted by Crippen LogP contribution is -2.36. The van der Waals surface area contributed by atoms with E-state index in [9.17, 15) is 0 Å². The van der Waals surface area contributed by atoms with Crippen molar-refractivity contribution >= 4 is 12.2 Å². The summed E-state index contributed by atoms with van der Waals surface area (Å²) in [5.41, 5.74) is 0. The third-order valence-electron chi connectivity index (χ3n) is 4.31. The Morgan fingerprint density at radius 3 is 2.15 bits per heavy atom. The van der Waals surface area contributed by atoms with E-state index in [1.165, 1.54) is 64.2 Å². The third-order valence-corrected chi connectivity index (χ3v) is 4.31. The van der Waals surface area contributed by atoms with E-state index < -0.39 is 0 Å². The van der Waals surface area contributed by atoms with Crippen LogP contribution in [0, 0.1) is 5.92 Å². The van der Waals surface area contributed by atoms with Gasteiger partial charge in [0.1, 0.15) is 0 Å². The Kier molecular flexibility index (Phi) is 6.55. The summed E-state index contributed by atoms with van der Waals surface area (Å²) in [4.78, 5) is 9.53. The first-order valence-corrected chi connectivity index (χ1v) is 8.62. The molecule has 0 unspecified atom stereocenters. The molecule has 2 aliphatic rings. The Bertz CT molecular complexity index is 321. The zero-order valence-electron chi connectivity index (χ0n) is 13.3. The van der Waals surface area contributed by atoms with Crippen LogP contribution in [0.2, 0.25) is 0 Å². The molecule has 0 aromatic heterocycles. The predicted octanol–water partition coefficient (Wildman–Crippen LogP) is 4.32. The number of nitrogens with one attached hydrogen (secondary N) is 1. The minimum atomic E-state index is 0.486. The van der Waals surface area contributed by atoms with Gasteiger partial charge in [-0.3, -0.25) is 0 Å². The van der Waals surface area contributed by atoms with Gasteiger partial charge in [-0.25, -0.2) is 9.98 Å². The number of guanidine groups is 1. The highest BCUT2D eigenvalue weighted by atomic mass is 15.1. The van der Waals surface area contributed by atoms with E-state index in [0.717, 1.165) is 5.96 Å². The van der Waals surface area contributed by atoms with E-state index in [0.29, 0.717) is 18.0 Å². The van der Waals surface area contributed by atoms with Crippen molar-refractivity contribution in [3.05, 3.63) is 0 Å². The quantitative estimate of drug-likeness (QED) is 0.605. The van der Waals surface area contributed by atoms with Crippen LogP contribution in [0.1, 0.15) is 78.1 Å². The van der Waals surface area contributed by atoms with Gasteiger partial charge in [0.15, 0.2) is 0 Å². The maximum atomic E-state index is 4.91. The molecule has 0 heterocycles. The van der Waals surface area contributed by atoms with Gasteiger partial charge in [0.05, 0.1) is 6.04 Å². The van der Waals surface area contributed by atoms with Crippen LogP contribution >= 0.6 is 0 Å². The van der Waals surface area contributed by atoms with E-state index in [2.05, 4.69) is 24.2 Å². The monoisotopic (exact) mass is 277 g/mol. The van der Waals surface area contributed by atoms with Crippen LogP contribution in [-0.4, -0.2) is 24.3 Å². The van der Waals surface area contributed by atoms with Crippen LogP contribution in [0.4, 0.5) is 0 Å². The van der Waals surface area contributed by atoms with Gasteiger partial charge in [-0.1, -0.05) is 52.4 Å². The topological polar surface area (TPSA) is 36.8 Å². The molecule has 3 heteroatoms. The fraction of sp³-hybridized carbons (Fsp3) is 0.882. The average Bonchev–Trinajstić information content (AvgIpc) is 2.47. The normalized spacial score (nSPS) is 23.6. The zero-order chi connectivity index (χ0) is 14.2. The Morgan fingerprint density at radius 1 is 0.950 bits per heavy atom. The largest absolute Gasteiger partial charge is 0.352 e. The second-order valence-electron chi connectivity index (χ2n) is 6.75. The summed E-state index contributed by atoms with van der Waals surface area (Å²) in [6, 6.07) is 1.09. The van der Waals surface area contributed by atoms with Crippen molar-refractivity contribution < 1.29 is 0 Å². The second-order valence-corrected chi connectivity index (χ2v) is 6.75. The highest BCUT2D eigenvalue weighted by Crippen LogP contribution is 2.21. The average molecular weight is 277 g/mol. The van der Waals surface area contributed by atoms with Crippen LogP contribution in [0.15, 0.2) is 9.98 Å². The van der Waals surface area contributed by atoms with Gasteiger partial charge in [-0.2, -0.15) is 0 Å². The summed E-state index contributed by atoms with van der Waals surface area (Å²) in [6.07, 6.45) is 15.2. The minimum Gasteiger partial charge on any atom is -0.352 e. The Hall–Kier alpha value is -0.860. The van der Waals surface area contributed by atoms with Gasteiger partial charge in [-0.15, -0.1) is 0 Å². The van der Waals surface area contributed by atoms with E-state index in [1.807, 2.05) is 6.21 Å². The van der Waals surface area contributed by atoms with Crippen LogP contribution in [0.25, 0.3) is 0 Å². The van der Waals surface area contributed by atoms with Gasteiger partial charge in [0.25, 0.3) is 0 Å². The maximum absolute atomic E-state index is 4.91. The van der Waals surface area contributed by atoms with Crippen molar-refractivity contribution in [3.63, 3.8) is 0 Å². The Morgan fingerprint density at radius 2 is 1.55 bits per heavy atom. The molecule has 2 saturated carbocycles. The van der Waals surface area contributed by atoms with E-state index in [4.69, 9.17) is 4.99 Å². The molecular weight excluding hydrogens is 246 g/mol. The van der Waals surface area contributed by atoms with Crippen molar-refractivity contribution in [1.82, 2.24) is 5.32 Å². The highest BCUT2D eigenvalue weighted by Gasteiger charge is 2.17. The summed E-state index contributed by atoms with van der Waals surface area (Å²) in [5.74, 6) is 1.39. The number of hydrogen-bond acceptors (Lipinski definition) is 1. The fourth-order valence-corrected chi connectivity index (χ4v) is 3.14. The summed E-state index contributed by atoms with van der Waals surface area (Å²) < 4.78 is 0. The molecule has 0 aromatic rings. The standard InChI is InChI=1S/C17H31N3/c1-14(2)13-18-17(19-15-9-5-3-6-10-15)20-16-11-7-4-8-12-16/h13-16H,3-12H2,1-2H3,(H,19,20). The molecule has 0 radical (unpaired) electrons. The molecule has 0 bridgehead atoms. The fourth-order valence-electron chi connectivity index (χ4n) is 3.14. The molecule has 2 rings (SSSR count). The molecule has 3 nitrogen and oxygen atoms in total. The van der Waals surface area contributed by atoms with E-state index in [-0.39, 0.29) is 0 Å². The number of rotatable bonds is 3. The molecule has 0 aromatic carbocycles. The maximum Gasteiger partial charge on any atom is 0.218 e. The lowest BCUT2D eigenvalue weighted by Gasteiger charge is -2.25. The first-order valence-electron chi connectivity index (χ1n) is 8.62. The summed E-state index contributed by atoms with van der Waals surface area (Å²) in [6.45, 7) is 4.34. The minimum absolute atomic E-state index is 0.486. The molecule has 0 spiro atoms.